The van der Waals surface area contributed by atoms with Crippen LogP contribution in [0.1, 0.15) is 17.8 Å². The van der Waals surface area contributed by atoms with E-state index in [0.29, 0.717) is 18.1 Å². The molecular weight excluding hydrogens is 332 g/mol. The molecule has 1 aliphatic rings. The number of aryl methyl sites for hydroxylation is 1. The van der Waals surface area contributed by atoms with Gasteiger partial charge in [-0.05, 0) is 61.1 Å². The maximum Gasteiger partial charge on any atom is 0.272 e. The second-order valence-electron chi connectivity index (χ2n) is 6.39. The van der Waals surface area contributed by atoms with Gasteiger partial charge in [0.1, 0.15) is 11.4 Å². The third-order valence-electron chi connectivity index (χ3n) is 4.48. The first-order valence-corrected chi connectivity index (χ1v) is 8.67. The van der Waals surface area contributed by atoms with E-state index >= 15 is 0 Å². The van der Waals surface area contributed by atoms with Gasteiger partial charge < -0.3 is 14.5 Å². The molecule has 138 valence electrons. The average Bonchev–Trinajstić information content (AvgIpc) is 2.95. The van der Waals surface area contributed by atoms with Crippen molar-refractivity contribution in [3.05, 3.63) is 35.7 Å². The number of likely N-dealkylation sites (N-methyl/N-ethyl adjacent to an activating group) is 1. The normalized spacial score (nSPS) is 16.4. The van der Waals surface area contributed by atoms with Crippen LogP contribution >= 0.6 is 0 Å². The minimum atomic E-state index is -0.0708. The Morgan fingerprint density at radius 1 is 1.23 bits per heavy atom. The molecule has 1 aromatic heterocycles. The summed E-state index contributed by atoms with van der Waals surface area (Å²) in [4.78, 5) is 17.4. The van der Waals surface area contributed by atoms with Crippen LogP contribution in [0.3, 0.4) is 0 Å². The van der Waals surface area contributed by atoms with Gasteiger partial charge >= 0.3 is 0 Å². The van der Waals surface area contributed by atoms with Gasteiger partial charge in [0.2, 0.25) is 0 Å². The summed E-state index contributed by atoms with van der Waals surface area (Å²) in [5.41, 5.74) is 1.29. The first kappa shape index (κ1) is 18.1. The number of rotatable bonds is 4. The standard InChI is InChI=1S/C18H24N6O2/c1-14-19-20-21-24(14)17(13-15-6-4-7-16(12-15)26-3)18(25)23-9-5-8-22(2)10-11-23/h4,6-7,12-13H,5,8-11H2,1-3H3/b17-13-. The fourth-order valence-electron chi connectivity index (χ4n) is 2.97. The zero-order valence-electron chi connectivity index (χ0n) is 15.4. The van der Waals surface area contributed by atoms with Gasteiger partial charge in [0.25, 0.3) is 5.91 Å². The molecule has 0 radical (unpaired) electrons. The van der Waals surface area contributed by atoms with E-state index in [9.17, 15) is 4.79 Å². The van der Waals surface area contributed by atoms with Gasteiger partial charge in [0, 0.05) is 19.6 Å². The number of ether oxygens (including phenoxy) is 1. The van der Waals surface area contributed by atoms with Crippen molar-refractivity contribution >= 4 is 17.7 Å². The fraction of sp³-hybridized carbons (Fsp3) is 0.444. The quantitative estimate of drug-likeness (QED) is 0.765. The van der Waals surface area contributed by atoms with Crippen molar-refractivity contribution in [2.75, 3.05) is 40.3 Å². The Morgan fingerprint density at radius 3 is 2.81 bits per heavy atom. The Kier molecular flexibility index (Phi) is 5.62. The number of benzene rings is 1. The molecule has 2 aromatic rings. The van der Waals surface area contributed by atoms with Crippen LogP contribution in [-0.2, 0) is 4.79 Å². The molecule has 8 nitrogen and oxygen atoms in total. The third-order valence-corrected chi connectivity index (χ3v) is 4.48. The summed E-state index contributed by atoms with van der Waals surface area (Å²) < 4.78 is 6.78. The number of amides is 1. The van der Waals surface area contributed by atoms with Crippen LogP contribution in [0.2, 0.25) is 0 Å². The molecule has 2 heterocycles. The minimum Gasteiger partial charge on any atom is -0.497 e. The fourth-order valence-corrected chi connectivity index (χ4v) is 2.97. The molecule has 0 unspecified atom stereocenters. The van der Waals surface area contributed by atoms with Crippen molar-refractivity contribution in [2.45, 2.75) is 13.3 Å². The Hall–Kier alpha value is -2.74. The van der Waals surface area contributed by atoms with Crippen molar-refractivity contribution in [3.8, 4) is 5.75 Å². The molecule has 1 aromatic carbocycles. The predicted octanol–water partition coefficient (Wildman–Crippen LogP) is 1.15. The smallest absolute Gasteiger partial charge is 0.272 e. The molecule has 0 saturated carbocycles. The van der Waals surface area contributed by atoms with Crippen LogP contribution < -0.4 is 4.74 Å². The van der Waals surface area contributed by atoms with Crippen molar-refractivity contribution in [2.24, 2.45) is 0 Å². The predicted molar refractivity (Wildman–Crippen MR) is 98.4 cm³/mol. The SMILES string of the molecule is COc1cccc(/C=C(/C(=O)N2CCCN(C)CC2)n2nnnc2C)c1. The number of carbonyl (C=O) groups excluding carboxylic acids is 1. The Bertz CT molecular complexity index is 800. The van der Waals surface area contributed by atoms with Crippen molar-refractivity contribution < 1.29 is 9.53 Å². The van der Waals surface area contributed by atoms with Gasteiger partial charge in [-0.3, -0.25) is 4.79 Å². The maximum atomic E-state index is 13.3. The molecule has 8 heteroatoms. The lowest BCUT2D eigenvalue weighted by Crippen LogP contribution is -2.36. The number of tetrazole rings is 1. The molecule has 0 N–H and O–H groups in total. The summed E-state index contributed by atoms with van der Waals surface area (Å²) in [6.45, 7) is 5.03. The number of methoxy groups -OCH3 is 1. The largest absolute Gasteiger partial charge is 0.497 e. The lowest BCUT2D eigenvalue weighted by molar-refractivity contribution is -0.125. The molecule has 26 heavy (non-hydrogen) atoms. The third kappa shape index (κ3) is 4.08. The summed E-state index contributed by atoms with van der Waals surface area (Å²) in [5, 5.41) is 11.6. The van der Waals surface area contributed by atoms with E-state index in [4.69, 9.17) is 4.74 Å². The number of aromatic nitrogens is 4. The summed E-state index contributed by atoms with van der Waals surface area (Å²) >= 11 is 0. The van der Waals surface area contributed by atoms with E-state index in [-0.39, 0.29) is 5.91 Å². The molecule has 1 amide bonds. The number of hydrogen-bond donors (Lipinski definition) is 0. The minimum absolute atomic E-state index is 0.0708. The van der Waals surface area contributed by atoms with E-state index in [1.54, 1.807) is 14.0 Å². The number of nitrogens with zero attached hydrogens (tertiary/aromatic N) is 6. The maximum absolute atomic E-state index is 13.3. The van der Waals surface area contributed by atoms with Crippen molar-refractivity contribution in [1.82, 2.24) is 30.0 Å². The molecule has 1 fully saturated rings. The average molecular weight is 356 g/mol. The molecule has 1 aliphatic heterocycles. The molecular formula is C18H24N6O2. The van der Waals surface area contributed by atoms with Crippen LogP contribution in [-0.4, -0.2) is 76.3 Å². The molecule has 3 rings (SSSR count). The zero-order chi connectivity index (χ0) is 18.5. The lowest BCUT2D eigenvalue weighted by atomic mass is 10.1. The number of hydrogen-bond acceptors (Lipinski definition) is 6. The van der Waals surface area contributed by atoms with Crippen LogP contribution in [0, 0.1) is 6.92 Å². The number of carbonyl (C=O) groups is 1. The van der Waals surface area contributed by atoms with Gasteiger partial charge in [-0.1, -0.05) is 12.1 Å². The van der Waals surface area contributed by atoms with Crippen LogP contribution in [0.5, 0.6) is 5.75 Å². The first-order valence-electron chi connectivity index (χ1n) is 8.67. The lowest BCUT2D eigenvalue weighted by Gasteiger charge is -2.22. The van der Waals surface area contributed by atoms with Crippen LogP contribution in [0.25, 0.3) is 11.8 Å². The molecule has 0 atom stereocenters. The molecule has 0 bridgehead atoms. The second-order valence-corrected chi connectivity index (χ2v) is 6.39. The zero-order valence-corrected chi connectivity index (χ0v) is 15.4. The highest BCUT2D eigenvalue weighted by Crippen LogP contribution is 2.19. The van der Waals surface area contributed by atoms with Crippen LogP contribution in [0.15, 0.2) is 24.3 Å². The first-order chi connectivity index (χ1) is 12.6. The van der Waals surface area contributed by atoms with Gasteiger partial charge in [-0.2, -0.15) is 4.68 Å². The molecule has 0 spiro atoms. The summed E-state index contributed by atoms with van der Waals surface area (Å²) in [6, 6.07) is 7.56. The second kappa shape index (κ2) is 8.09. The molecule has 1 saturated heterocycles. The Balaban J connectivity index is 1.97. The Labute approximate surface area is 153 Å². The summed E-state index contributed by atoms with van der Waals surface area (Å²) in [7, 11) is 3.70. The summed E-state index contributed by atoms with van der Waals surface area (Å²) in [6.07, 6.45) is 2.76. The van der Waals surface area contributed by atoms with Gasteiger partial charge in [0.05, 0.1) is 7.11 Å². The summed E-state index contributed by atoms with van der Waals surface area (Å²) in [5.74, 6) is 1.23. The van der Waals surface area contributed by atoms with E-state index in [1.165, 1.54) is 4.68 Å². The topological polar surface area (TPSA) is 76.4 Å². The van der Waals surface area contributed by atoms with Gasteiger partial charge in [-0.25, -0.2) is 0 Å². The highest BCUT2D eigenvalue weighted by molar-refractivity contribution is 6.18. The van der Waals surface area contributed by atoms with Crippen LogP contribution in [0.4, 0.5) is 0 Å². The van der Waals surface area contributed by atoms with E-state index < -0.39 is 0 Å². The molecule has 0 aliphatic carbocycles. The highest BCUT2D eigenvalue weighted by atomic mass is 16.5. The van der Waals surface area contributed by atoms with Crippen molar-refractivity contribution in [3.63, 3.8) is 0 Å². The van der Waals surface area contributed by atoms with Crippen molar-refractivity contribution in [1.29, 1.82) is 0 Å². The van der Waals surface area contributed by atoms with E-state index in [2.05, 4.69) is 27.5 Å². The van der Waals surface area contributed by atoms with Gasteiger partial charge in [0.15, 0.2) is 5.82 Å². The Morgan fingerprint density at radius 2 is 2.08 bits per heavy atom. The van der Waals surface area contributed by atoms with E-state index in [0.717, 1.165) is 37.4 Å². The monoisotopic (exact) mass is 356 g/mol. The van der Waals surface area contributed by atoms with Gasteiger partial charge in [-0.15, -0.1) is 5.10 Å². The highest BCUT2D eigenvalue weighted by Gasteiger charge is 2.24. The van der Waals surface area contributed by atoms with E-state index in [1.807, 2.05) is 35.2 Å².